The van der Waals surface area contributed by atoms with Crippen LogP contribution in [0.25, 0.3) is 16.9 Å². The number of hydrogen-bond acceptors (Lipinski definition) is 2. The molecule has 140 valence electrons. The predicted octanol–water partition coefficient (Wildman–Crippen LogP) is 5.45. The van der Waals surface area contributed by atoms with Gasteiger partial charge < -0.3 is 9.72 Å². The Morgan fingerprint density at radius 3 is 2.64 bits per heavy atom. The van der Waals surface area contributed by atoms with E-state index in [0.29, 0.717) is 11.4 Å². The quantitative estimate of drug-likeness (QED) is 0.504. The van der Waals surface area contributed by atoms with E-state index in [9.17, 15) is 4.79 Å². The fourth-order valence-corrected chi connectivity index (χ4v) is 3.25. The molecule has 0 aliphatic carbocycles. The minimum atomic E-state index is -0.0619. The number of rotatable bonds is 4. The molecule has 5 heteroatoms. The third-order valence-electron chi connectivity index (χ3n) is 4.70. The summed E-state index contributed by atoms with van der Waals surface area (Å²) in [5.74, 6) is -0.0619. The highest BCUT2D eigenvalue weighted by Crippen LogP contribution is 2.26. The number of carbonyl (C=O) groups is 1. The van der Waals surface area contributed by atoms with Gasteiger partial charge in [0.2, 0.25) is 5.91 Å². The van der Waals surface area contributed by atoms with Gasteiger partial charge in [-0.05, 0) is 60.9 Å². The maximum atomic E-state index is 12.5. The number of carbonyl (C=O) groups excluding carboxylic acids is 1. The van der Waals surface area contributed by atoms with E-state index in [1.807, 2.05) is 60.1 Å². The molecule has 0 fully saturated rings. The molecule has 0 saturated carbocycles. The highest BCUT2D eigenvalue weighted by atomic mass is 35.5. The van der Waals surface area contributed by atoms with Gasteiger partial charge in [-0.25, -0.2) is 4.98 Å². The summed E-state index contributed by atoms with van der Waals surface area (Å²) in [6, 6.07) is 17.4. The second-order valence-electron chi connectivity index (χ2n) is 6.98. The highest BCUT2D eigenvalue weighted by molar-refractivity contribution is 6.30. The Labute approximate surface area is 168 Å². The SMILES string of the molecule is Cc1ccn2cc(-c3ccc(C)c(NC(=O)Cc4ccc(Cl)cc4)c3)nc2c1. The molecule has 2 aromatic heterocycles. The van der Waals surface area contributed by atoms with E-state index in [-0.39, 0.29) is 5.91 Å². The summed E-state index contributed by atoms with van der Waals surface area (Å²) in [6.45, 7) is 4.03. The van der Waals surface area contributed by atoms with E-state index in [2.05, 4.69) is 18.3 Å². The molecule has 0 aliphatic rings. The number of anilines is 1. The van der Waals surface area contributed by atoms with Crippen molar-refractivity contribution >= 4 is 28.8 Å². The normalized spacial score (nSPS) is 11.0. The van der Waals surface area contributed by atoms with Crippen LogP contribution in [0.5, 0.6) is 0 Å². The molecule has 28 heavy (non-hydrogen) atoms. The zero-order chi connectivity index (χ0) is 19.7. The van der Waals surface area contributed by atoms with Crippen LogP contribution in [0, 0.1) is 13.8 Å². The Balaban J connectivity index is 1.57. The van der Waals surface area contributed by atoms with E-state index in [0.717, 1.165) is 33.7 Å². The lowest BCUT2D eigenvalue weighted by Crippen LogP contribution is -2.15. The van der Waals surface area contributed by atoms with Crippen LogP contribution in [0.1, 0.15) is 16.7 Å². The average Bonchev–Trinajstić information content (AvgIpc) is 3.08. The molecule has 0 bridgehead atoms. The first-order valence-electron chi connectivity index (χ1n) is 9.08. The minimum Gasteiger partial charge on any atom is -0.326 e. The van der Waals surface area contributed by atoms with Gasteiger partial charge >= 0.3 is 0 Å². The van der Waals surface area contributed by atoms with Crippen molar-refractivity contribution in [3.8, 4) is 11.3 Å². The second kappa shape index (κ2) is 7.49. The molecule has 0 unspecified atom stereocenters. The Morgan fingerprint density at radius 2 is 1.86 bits per heavy atom. The van der Waals surface area contributed by atoms with Crippen LogP contribution in [0.15, 0.2) is 67.0 Å². The number of pyridine rings is 1. The Morgan fingerprint density at radius 1 is 1.07 bits per heavy atom. The summed E-state index contributed by atoms with van der Waals surface area (Å²) >= 11 is 5.90. The number of nitrogens with one attached hydrogen (secondary N) is 1. The van der Waals surface area contributed by atoms with Crippen molar-refractivity contribution < 1.29 is 4.79 Å². The molecular formula is C23H20ClN3O. The molecule has 0 aliphatic heterocycles. The lowest BCUT2D eigenvalue weighted by molar-refractivity contribution is -0.115. The van der Waals surface area contributed by atoms with Crippen LogP contribution >= 0.6 is 11.6 Å². The summed E-state index contributed by atoms with van der Waals surface area (Å²) in [6.07, 6.45) is 4.30. The fraction of sp³-hybridized carbons (Fsp3) is 0.130. The number of fused-ring (bicyclic) bond motifs is 1. The predicted molar refractivity (Wildman–Crippen MR) is 114 cm³/mol. The number of nitrogens with zero attached hydrogens (tertiary/aromatic N) is 2. The van der Waals surface area contributed by atoms with E-state index < -0.39 is 0 Å². The third kappa shape index (κ3) is 3.92. The van der Waals surface area contributed by atoms with Crippen molar-refractivity contribution in [3.05, 3.63) is 88.7 Å². The van der Waals surface area contributed by atoms with Gasteiger partial charge in [0.1, 0.15) is 5.65 Å². The molecule has 2 aromatic carbocycles. The molecule has 1 amide bonds. The molecular weight excluding hydrogens is 370 g/mol. The molecule has 4 nitrogen and oxygen atoms in total. The minimum absolute atomic E-state index is 0.0619. The van der Waals surface area contributed by atoms with Gasteiger partial charge in [-0.15, -0.1) is 0 Å². The zero-order valence-electron chi connectivity index (χ0n) is 15.7. The summed E-state index contributed by atoms with van der Waals surface area (Å²) in [7, 11) is 0. The summed E-state index contributed by atoms with van der Waals surface area (Å²) in [5, 5.41) is 3.68. The van der Waals surface area contributed by atoms with Crippen LogP contribution in [0.3, 0.4) is 0 Å². The Bertz CT molecular complexity index is 1160. The van der Waals surface area contributed by atoms with Crippen molar-refractivity contribution in [2.75, 3.05) is 5.32 Å². The topological polar surface area (TPSA) is 46.4 Å². The summed E-state index contributed by atoms with van der Waals surface area (Å²) in [4.78, 5) is 17.2. The molecule has 4 aromatic rings. The van der Waals surface area contributed by atoms with Gasteiger partial charge in [0.25, 0.3) is 0 Å². The molecule has 0 radical (unpaired) electrons. The van der Waals surface area contributed by atoms with Gasteiger partial charge in [0, 0.05) is 28.7 Å². The first kappa shape index (κ1) is 18.3. The Hall–Kier alpha value is -3.11. The van der Waals surface area contributed by atoms with E-state index >= 15 is 0 Å². The van der Waals surface area contributed by atoms with Gasteiger partial charge in [-0.3, -0.25) is 4.79 Å². The highest BCUT2D eigenvalue weighted by Gasteiger charge is 2.10. The number of hydrogen-bond donors (Lipinski definition) is 1. The number of halogens is 1. The van der Waals surface area contributed by atoms with Crippen LogP contribution in [0.2, 0.25) is 5.02 Å². The first-order chi connectivity index (χ1) is 13.5. The summed E-state index contributed by atoms with van der Waals surface area (Å²) in [5.41, 5.74) is 6.64. The van der Waals surface area contributed by atoms with Crippen LogP contribution in [-0.2, 0) is 11.2 Å². The average molecular weight is 390 g/mol. The molecule has 1 N–H and O–H groups in total. The van der Waals surface area contributed by atoms with Crippen molar-refractivity contribution in [1.29, 1.82) is 0 Å². The molecule has 2 heterocycles. The lowest BCUT2D eigenvalue weighted by Gasteiger charge is -2.10. The van der Waals surface area contributed by atoms with Gasteiger partial charge in [0.05, 0.1) is 12.1 Å². The number of amides is 1. The van der Waals surface area contributed by atoms with Crippen molar-refractivity contribution in [1.82, 2.24) is 9.38 Å². The standard InChI is InChI=1S/C23H20ClN3O/c1-15-9-10-27-14-21(25-22(27)11-15)18-6-3-16(2)20(13-18)26-23(28)12-17-4-7-19(24)8-5-17/h3-11,13-14H,12H2,1-2H3,(H,26,28). The fourth-order valence-electron chi connectivity index (χ4n) is 3.12. The van der Waals surface area contributed by atoms with E-state index in [1.165, 1.54) is 5.56 Å². The van der Waals surface area contributed by atoms with Crippen LogP contribution < -0.4 is 5.32 Å². The zero-order valence-corrected chi connectivity index (χ0v) is 16.5. The first-order valence-corrected chi connectivity index (χ1v) is 9.46. The second-order valence-corrected chi connectivity index (χ2v) is 7.41. The third-order valence-corrected chi connectivity index (χ3v) is 4.95. The van der Waals surface area contributed by atoms with Crippen molar-refractivity contribution in [3.63, 3.8) is 0 Å². The maximum absolute atomic E-state index is 12.5. The summed E-state index contributed by atoms with van der Waals surface area (Å²) < 4.78 is 2.00. The van der Waals surface area contributed by atoms with Crippen molar-refractivity contribution in [2.45, 2.75) is 20.3 Å². The molecule has 4 rings (SSSR count). The van der Waals surface area contributed by atoms with E-state index in [4.69, 9.17) is 16.6 Å². The molecule has 0 atom stereocenters. The van der Waals surface area contributed by atoms with Crippen LogP contribution in [-0.4, -0.2) is 15.3 Å². The number of benzene rings is 2. The van der Waals surface area contributed by atoms with Crippen LogP contribution in [0.4, 0.5) is 5.69 Å². The monoisotopic (exact) mass is 389 g/mol. The largest absolute Gasteiger partial charge is 0.326 e. The molecule has 0 saturated heterocycles. The maximum Gasteiger partial charge on any atom is 0.228 e. The van der Waals surface area contributed by atoms with Gasteiger partial charge in [0.15, 0.2) is 0 Å². The number of aromatic nitrogens is 2. The lowest BCUT2D eigenvalue weighted by atomic mass is 10.1. The number of imidazole rings is 1. The molecule has 0 spiro atoms. The van der Waals surface area contributed by atoms with Gasteiger partial charge in [-0.2, -0.15) is 0 Å². The Kier molecular flexibility index (Phi) is 4.88. The van der Waals surface area contributed by atoms with Crippen molar-refractivity contribution in [2.24, 2.45) is 0 Å². The van der Waals surface area contributed by atoms with Gasteiger partial charge in [-0.1, -0.05) is 35.9 Å². The van der Waals surface area contributed by atoms with E-state index in [1.54, 1.807) is 12.1 Å². The number of aryl methyl sites for hydroxylation is 2. The smallest absolute Gasteiger partial charge is 0.228 e.